The van der Waals surface area contributed by atoms with Crippen molar-refractivity contribution in [3.05, 3.63) is 71.2 Å². The standard InChI is InChI=1S/C19H14F3N3/c1-13-3-4-14(11-23-13)5-6-16-12-24-25(2)18(16)15-7-9-17(10-8-15)19(20,21)22/h3-4,7-12H,1-2H3. The molecule has 0 saturated heterocycles. The third-order valence-electron chi connectivity index (χ3n) is 3.68. The van der Waals surface area contributed by atoms with Crippen LogP contribution in [0.15, 0.2) is 48.8 Å². The van der Waals surface area contributed by atoms with Crippen LogP contribution < -0.4 is 0 Å². The van der Waals surface area contributed by atoms with Gasteiger partial charge in [-0.2, -0.15) is 18.3 Å². The molecule has 126 valence electrons. The Morgan fingerprint density at radius 2 is 1.68 bits per heavy atom. The summed E-state index contributed by atoms with van der Waals surface area (Å²) in [5, 5.41) is 4.17. The van der Waals surface area contributed by atoms with Gasteiger partial charge in [0.05, 0.1) is 23.0 Å². The highest BCUT2D eigenvalue weighted by molar-refractivity contribution is 5.68. The number of aromatic nitrogens is 3. The zero-order valence-electron chi connectivity index (χ0n) is 13.6. The van der Waals surface area contributed by atoms with Gasteiger partial charge in [-0.3, -0.25) is 9.67 Å². The van der Waals surface area contributed by atoms with Crippen LogP contribution in [0.25, 0.3) is 11.3 Å². The topological polar surface area (TPSA) is 30.7 Å². The smallest absolute Gasteiger partial charge is 0.267 e. The summed E-state index contributed by atoms with van der Waals surface area (Å²) in [5.74, 6) is 6.02. The van der Waals surface area contributed by atoms with Crippen LogP contribution in [0.2, 0.25) is 0 Å². The minimum atomic E-state index is -4.36. The summed E-state index contributed by atoms with van der Waals surface area (Å²) >= 11 is 0. The molecule has 0 fully saturated rings. The average Bonchev–Trinajstić information content (AvgIpc) is 2.94. The first-order valence-corrected chi connectivity index (χ1v) is 7.49. The van der Waals surface area contributed by atoms with Crippen molar-refractivity contribution in [1.29, 1.82) is 0 Å². The second kappa shape index (κ2) is 6.44. The largest absolute Gasteiger partial charge is 0.416 e. The lowest BCUT2D eigenvalue weighted by molar-refractivity contribution is -0.137. The van der Waals surface area contributed by atoms with Gasteiger partial charge in [0.15, 0.2) is 0 Å². The van der Waals surface area contributed by atoms with Crippen molar-refractivity contribution in [2.45, 2.75) is 13.1 Å². The molecule has 2 heterocycles. The van der Waals surface area contributed by atoms with Gasteiger partial charge in [0, 0.05) is 30.1 Å². The maximum atomic E-state index is 12.7. The quantitative estimate of drug-likeness (QED) is 0.621. The fourth-order valence-corrected chi connectivity index (χ4v) is 2.37. The Hall–Kier alpha value is -3.07. The van der Waals surface area contributed by atoms with Gasteiger partial charge in [-0.25, -0.2) is 0 Å². The molecule has 0 saturated carbocycles. The van der Waals surface area contributed by atoms with Crippen molar-refractivity contribution in [2.24, 2.45) is 7.05 Å². The predicted molar refractivity (Wildman–Crippen MR) is 88.6 cm³/mol. The summed E-state index contributed by atoms with van der Waals surface area (Å²) in [4.78, 5) is 4.18. The van der Waals surface area contributed by atoms with Gasteiger partial charge in [0.2, 0.25) is 0 Å². The minimum Gasteiger partial charge on any atom is -0.267 e. The van der Waals surface area contributed by atoms with E-state index in [4.69, 9.17) is 0 Å². The molecule has 3 aromatic rings. The number of pyridine rings is 1. The molecule has 6 heteroatoms. The number of alkyl halides is 3. The minimum absolute atomic E-state index is 0.624. The van der Waals surface area contributed by atoms with Gasteiger partial charge in [-0.1, -0.05) is 24.0 Å². The van der Waals surface area contributed by atoms with Crippen LogP contribution in [0.5, 0.6) is 0 Å². The SMILES string of the molecule is Cc1ccc(C#Cc2cnn(C)c2-c2ccc(C(F)(F)F)cc2)cn1. The molecule has 3 rings (SSSR count). The molecule has 0 aliphatic rings. The number of benzene rings is 1. The molecule has 3 nitrogen and oxygen atoms in total. The van der Waals surface area contributed by atoms with Gasteiger partial charge in [0.25, 0.3) is 0 Å². The summed E-state index contributed by atoms with van der Waals surface area (Å²) < 4.78 is 39.7. The normalized spacial score (nSPS) is 11.1. The Balaban J connectivity index is 1.96. The van der Waals surface area contributed by atoms with E-state index in [2.05, 4.69) is 21.9 Å². The number of rotatable bonds is 1. The zero-order chi connectivity index (χ0) is 18.0. The summed E-state index contributed by atoms with van der Waals surface area (Å²) in [6.45, 7) is 1.89. The number of nitrogens with zero attached hydrogens (tertiary/aromatic N) is 3. The Morgan fingerprint density at radius 3 is 2.28 bits per heavy atom. The highest BCUT2D eigenvalue weighted by Gasteiger charge is 2.30. The van der Waals surface area contributed by atoms with Crippen LogP contribution in [-0.2, 0) is 13.2 Å². The van der Waals surface area contributed by atoms with Gasteiger partial charge < -0.3 is 0 Å². The molecule has 0 aliphatic heterocycles. The van der Waals surface area contributed by atoms with Crippen LogP contribution in [0.3, 0.4) is 0 Å². The maximum absolute atomic E-state index is 12.7. The number of aryl methyl sites for hydroxylation is 2. The lowest BCUT2D eigenvalue weighted by Gasteiger charge is -2.08. The third kappa shape index (κ3) is 3.72. The van der Waals surface area contributed by atoms with Gasteiger partial charge in [0.1, 0.15) is 0 Å². The highest BCUT2D eigenvalue weighted by Crippen LogP contribution is 2.31. The molecule has 0 bridgehead atoms. The van der Waals surface area contributed by atoms with Gasteiger partial charge >= 0.3 is 6.18 Å². The Labute approximate surface area is 143 Å². The summed E-state index contributed by atoms with van der Waals surface area (Å²) in [7, 11) is 1.73. The van der Waals surface area contributed by atoms with Crippen molar-refractivity contribution in [2.75, 3.05) is 0 Å². The Bertz CT molecular complexity index is 941. The number of hydrogen-bond donors (Lipinski definition) is 0. The lowest BCUT2D eigenvalue weighted by Crippen LogP contribution is -2.04. The molecule has 0 aliphatic carbocycles. The van der Waals surface area contributed by atoms with Crippen molar-refractivity contribution in [1.82, 2.24) is 14.8 Å². The van der Waals surface area contributed by atoms with E-state index in [0.717, 1.165) is 23.4 Å². The van der Waals surface area contributed by atoms with Crippen LogP contribution in [0.4, 0.5) is 13.2 Å². The molecular formula is C19H14F3N3. The second-order valence-corrected chi connectivity index (χ2v) is 5.54. The first-order valence-electron chi connectivity index (χ1n) is 7.49. The maximum Gasteiger partial charge on any atom is 0.416 e. The predicted octanol–water partition coefficient (Wildman–Crippen LogP) is 4.21. The van der Waals surface area contributed by atoms with Gasteiger partial charge in [-0.15, -0.1) is 0 Å². The van der Waals surface area contributed by atoms with Gasteiger partial charge in [-0.05, 0) is 31.2 Å². The van der Waals surface area contributed by atoms with E-state index in [0.29, 0.717) is 16.8 Å². The van der Waals surface area contributed by atoms with Crippen molar-refractivity contribution in [3.8, 4) is 23.1 Å². The fourth-order valence-electron chi connectivity index (χ4n) is 2.37. The monoisotopic (exact) mass is 341 g/mol. The van der Waals surface area contributed by atoms with E-state index in [9.17, 15) is 13.2 Å². The molecule has 1 aromatic carbocycles. The van der Waals surface area contributed by atoms with E-state index < -0.39 is 11.7 Å². The molecule has 0 unspecified atom stereocenters. The van der Waals surface area contributed by atoms with Crippen molar-refractivity contribution in [3.63, 3.8) is 0 Å². The van der Waals surface area contributed by atoms with Crippen molar-refractivity contribution < 1.29 is 13.2 Å². The van der Waals surface area contributed by atoms with Crippen LogP contribution in [0, 0.1) is 18.8 Å². The fraction of sp³-hybridized carbons (Fsp3) is 0.158. The van der Waals surface area contributed by atoms with E-state index in [-0.39, 0.29) is 0 Å². The third-order valence-corrected chi connectivity index (χ3v) is 3.68. The summed E-state index contributed by atoms with van der Waals surface area (Å²) in [5.41, 5.74) is 2.91. The summed E-state index contributed by atoms with van der Waals surface area (Å²) in [6.07, 6.45) is -1.08. The molecule has 25 heavy (non-hydrogen) atoms. The first-order chi connectivity index (χ1) is 11.8. The van der Waals surface area contributed by atoms with E-state index in [1.165, 1.54) is 12.1 Å². The summed E-state index contributed by atoms with van der Waals surface area (Å²) in [6, 6.07) is 8.71. The molecule has 0 amide bonds. The Morgan fingerprint density at radius 1 is 0.960 bits per heavy atom. The van der Waals surface area contributed by atoms with Crippen LogP contribution in [0.1, 0.15) is 22.4 Å². The van der Waals surface area contributed by atoms with Crippen LogP contribution in [-0.4, -0.2) is 14.8 Å². The average molecular weight is 341 g/mol. The van der Waals surface area contributed by atoms with Crippen LogP contribution >= 0.6 is 0 Å². The first kappa shape index (κ1) is 16.8. The molecule has 0 N–H and O–H groups in total. The number of halogens is 3. The molecular weight excluding hydrogens is 327 g/mol. The van der Waals surface area contributed by atoms with E-state index in [1.54, 1.807) is 24.1 Å². The molecule has 2 aromatic heterocycles. The molecule has 0 spiro atoms. The lowest BCUT2D eigenvalue weighted by atomic mass is 10.1. The molecule has 0 radical (unpaired) electrons. The highest BCUT2D eigenvalue weighted by atomic mass is 19.4. The van der Waals surface area contributed by atoms with E-state index in [1.807, 2.05) is 19.1 Å². The zero-order valence-corrected chi connectivity index (χ0v) is 13.6. The number of hydrogen-bond acceptors (Lipinski definition) is 2. The van der Waals surface area contributed by atoms with E-state index >= 15 is 0 Å². The molecule has 0 atom stereocenters. The Kier molecular flexibility index (Phi) is 4.32. The van der Waals surface area contributed by atoms with Crippen molar-refractivity contribution >= 4 is 0 Å². The second-order valence-electron chi connectivity index (χ2n) is 5.54.